The lowest BCUT2D eigenvalue weighted by Gasteiger charge is -1.91. The molecule has 56 valence electrons. The van der Waals surface area contributed by atoms with E-state index in [1.807, 2.05) is 12.1 Å². The number of benzene rings is 1. The lowest BCUT2D eigenvalue weighted by Crippen LogP contribution is -1.66. The van der Waals surface area contributed by atoms with Gasteiger partial charge >= 0.3 is 0 Å². The zero-order chi connectivity index (χ0) is 7.84. The predicted molar refractivity (Wildman–Crippen MR) is 51.6 cm³/mol. The molecular formula is C9H7ClS. The highest BCUT2D eigenvalue weighted by Gasteiger charge is 1.98. The molecule has 2 rings (SSSR count). The molecule has 0 saturated carbocycles. The fourth-order valence-corrected chi connectivity index (χ4v) is 2.16. The molecule has 0 fully saturated rings. The first-order valence-electron chi connectivity index (χ1n) is 3.41. The van der Waals surface area contributed by atoms with Gasteiger partial charge in [0.2, 0.25) is 0 Å². The quantitative estimate of drug-likeness (QED) is 0.581. The minimum Gasteiger partial charge on any atom is -0.148 e. The number of hydrogen-bond acceptors (Lipinski definition) is 1. The van der Waals surface area contributed by atoms with Crippen molar-refractivity contribution in [1.29, 1.82) is 0 Å². The van der Waals surface area contributed by atoms with E-state index in [0.29, 0.717) is 0 Å². The normalized spacial score (nSPS) is 10.7. The van der Waals surface area contributed by atoms with Crippen molar-refractivity contribution in [1.82, 2.24) is 0 Å². The Hall–Kier alpha value is -0.530. The summed E-state index contributed by atoms with van der Waals surface area (Å²) in [5.41, 5.74) is 0. The summed E-state index contributed by atoms with van der Waals surface area (Å²) < 4.78 is 0. The molecule has 0 atom stereocenters. The highest BCUT2D eigenvalue weighted by Crippen LogP contribution is 2.26. The summed E-state index contributed by atoms with van der Waals surface area (Å²) in [7, 11) is 0. The molecule has 0 aliphatic rings. The van der Waals surface area contributed by atoms with Crippen LogP contribution in [0.25, 0.3) is 10.8 Å². The van der Waals surface area contributed by atoms with Crippen LogP contribution in [0.2, 0.25) is 5.02 Å². The zero-order valence-corrected chi connectivity index (χ0v) is 7.67. The Balaban J connectivity index is 2.86. The minimum atomic E-state index is 0.815. The molecule has 0 unspecified atom stereocenters. The molecule has 0 nitrogen and oxygen atoms in total. The Morgan fingerprint density at radius 3 is 3.00 bits per heavy atom. The fraction of sp³-hybridized carbons (Fsp3) is 0.111. The maximum atomic E-state index is 5.83. The molecule has 0 aliphatic heterocycles. The van der Waals surface area contributed by atoms with Crippen LogP contribution < -0.4 is 0 Å². The molecule has 0 saturated heterocycles. The second-order valence-corrected chi connectivity index (χ2v) is 4.04. The van der Waals surface area contributed by atoms with Gasteiger partial charge in [-0.25, -0.2) is 0 Å². The van der Waals surface area contributed by atoms with Gasteiger partial charge in [0.05, 0.1) is 0 Å². The van der Waals surface area contributed by atoms with Gasteiger partial charge in [0.1, 0.15) is 0 Å². The number of thiophene rings is 1. The molecule has 0 radical (unpaired) electrons. The third-order valence-corrected chi connectivity index (χ3v) is 2.94. The van der Waals surface area contributed by atoms with E-state index in [4.69, 9.17) is 11.6 Å². The molecule has 0 spiro atoms. The number of halogens is 1. The van der Waals surface area contributed by atoms with E-state index in [-0.39, 0.29) is 0 Å². The van der Waals surface area contributed by atoms with Crippen molar-refractivity contribution < 1.29 is 0 Å². The lowest BCUT2D eigenvalue weighted by atomic mass is 10.2. The Bertz CT molecular complexity index is 389. The molecule has 1 aromatic carbocycles. The van der Waals surface area contributed by atoms with Crippen LogP contribution in [-0.4, -0.2) is 0 Å². The van der Waals surface area contributed by atoms with Gasteiger partial charge in [0.15, 0.2) is 0 Å². The fourth-order valence-electron chi connectivity index (χ4n) is 1.17. The van der Waals surface area contributed by atoms with E-state index < -0.39 is 0 Å². The van der Waals surface area contributed by atoms with Crippen molar-refractivity contribution in [3.8, 4) is 0 Å². The first-order chi connectivity index (χ1) is 5.27. The van der Waals surface area contributed by atoms with Crippen LogP contribution in [0.3, 0.4) is 0 Å². The standard InChI is InChI=1S/C9H7ClS/c1-6-9-3-2-8(10)4-7(9)5-11-6/h2-5H,1H3. The van der Waals surface area contributed by atoms with Crippen LogP contribution in [0.15, 0.2) is 23.6 Å². The Morgan fingerprint density at radius 2 is 2.18 bits per heavy atom. The van der Waals surface area contributed by atoms with E-state index in [9.17, 15) is 0 Å². The molecule has 2 heteroatoms. The van der Waals surface area contributed by atoms with Crippen molar-refractivity contribution >= 4 is 33.7 Å². The molecular weight excluding hydrogens is 176 g/mol. The van der Waals surface area contributed by atoms with E-state index in [0.717, 1.165) is 5.02 Å². The predicted octanol–water partition coefficient (Wildman–Crippen LogP) is 3.86. The first-order valence-corrected chi connectivity index (χ1v) is 4.66. The van der Waals surface area contributed by atoms with E-state index >= 15 is 0 Å². The van der Waals surface area contributed by atoms with E-state index in [1.165, 1.54) is 15.6 Å². The first kappa shape index (κ1) is 7.14. The molecule has 0 bridgehead atoms. The van der Waals surface area contributed by atoms with Crippen LogP contribution in [0.1, 0.15) is 4.88 Å². The second kappa shape index (κ2) is 2.50. The van der Waals surface area contributed by atoms with Crippen molar-refractivity contribution in [2.45, 2.75) is 6.92 Å². The molecule has 0 N–H and O–H groups in total. The number of hydrogen-bond donors (Lipinski definition) is 0. The summed E-state index contributed by atoms with van der Waals surface area (Å²) in [6, 6.07) is 6.01. The SMILES string of the molecule is Cc1scc2cc(Cl)ccc12. The summed E-state index contributed by atoms with van der Waals surface area (Å²) in [5, 5.41) is 5.52. The van der Waals surface area contributed by atoms with Crippen molar-refractivity contribution in [2.75, 3.05) is 0 Å². The smallest absolute Gasteiger partial charge is 0.0412 e. The van der Waals surface area contributed by atoms with Gasteiger partial charge in [-0.2, -0.15) is 0 Å². The number of aryl methyl sites for hydroxylation is 1. The Kier molecular flexibility index (Phi) is 1.63. The zero-order valence-electron chi connectivity index (χ0n) is 6.10. The molecule has 11 heavy (non-hydrogen) atoms. The highest BCUT2D eigenvalue weighted by molar-refractivity contribution is 7.11. The number of rotatable bonds is 0. The number of fused-ring (bicyclic) bond motifs is 1. The Labute approximate surface area is 74.4 Å². The largest absolute Gasteiger partial charge is 0.148 e. The summed E-state index contributed by atoms with van der Waals surface area (Å²) in [6.45, 7) is 2.13. The van der Waals surface area contributed by atoms with Gasteiger partial charge in [-0.05, 0) is 35.2 Å². The second-order valence-electron chi connectivity index (χ2n) is 2.52. The summed E-state index contributed by atoms with van der Waals surface area (Å²) in [5.74, 6) is 0. The molecule has 1 heterocycles. The summed E-state index contributed by atoms with van der Waals surface area (Å²) in [4.78, 5) is 1.36. The van der Waals surface area contributed by atoms with Gasteiger partial charge in [-0.1, -0.05) is 17.7 Å². The maximum absolute atomic E-state index is 5.83. The highest BCUT2D eigenvalue weighted by atomic mass is 35.5. The average Bonchev–Trinajstić information content (AvgIpc) is 2.32. The van der Waals surface area contributed by atoms with Crippen LogP contribution in [0.4, 0.5) is 0 Å². The van der Waals surface area contributed by atoms with Gasteiger partial charge < -0.3 is 0 Å². The van der Waals surface area contributed by atoms with E-state index in [1.54, 1.807) is 11.3 Å². The molecule has 0 aliphatic carbocycles. The Morgan fingerprint density at radius 1 is 1.36 bits per heavy atom. The van der Waals surface area contributed by atoms with Crippen molar-refractivity contribution in [3.05, 3.63) is 33.5 Å². The van der Waals surface area contributed by atoms with Crippen molar-refractivity contribution in [3.63, 3.8) is 0 Å². The topological polar surface area (TPSA) is 0 Å². The van der Waals surface area contributed by atoms with Crippen LogP contribution >= 0.6 is 22.9 Å². The van der Waals surface area contributed by atoms with Crippen LogP contribution in [-0.2, 0) is 0 Å². The molecule has 2 aromatic rings. The molecule has 1 aromatic heterocycles. The minimum absolute atomic E-state index is 0.815. The lowest BCUT2D eigenvalue weighted by molar-refractivity contribution is 1.68. The third-order valence-electron chi connectivity index (χ3n) is 1.76. The van der Waals surface area contributed by atoms with Gasteiger partial charge in [-0.3, -0.25) is 0 Å². The average molecular weight is 183 g/mol. The third kappa shape index (κ3) is 1.15. The molecule has 0 amide bonds. The van der Waals surface area contributed by atoms with E-state index in [2.05, 4.69) is 18.4 Å². The van der Waals surface area contributed by atoms with Gasteiger partial charge in [-0.15, -0.1) is 11.3 Å². The monoisotopic (exact) mass is 182 g/mol. The van der Waals surface area contributed by atoms with Gasteiger partial charge in [0, 0.05) is 9.90 Å². The summed E-state index contributed by atoms with van der Waals surface area (Å²) in [6.07, 6.45) is 0. The summed E-state index contributed by atoms with van der Waals surface area (Å²) >= 11 is 7.60. The maximum Gasteiger partial charge on any atom is 0.0412 e. The van der Waals surface area contributed by atoms with Crippen LogP contribution in [0.5, 0.6) is 0 Å². The van der Waals surface area contributed by atoms with Gasteiger partial charge in [0.25, 0.3) is 0 Å². The van der Waals surface area contributed by atoms with Crippen molar-refractivity contribution in [2.24, 2.45) is 0 Å². The van der Waals surface area contributed by atoms with Crippen LogP contribution in [0, 0.1) is 6.92 Å².